The minimum absolute atomic E-state index is 0.0334. The number of hydrogen-bond donors (Lipinski definition) is 1. The highest BCUT2D eigenvalue weighted by Gasteiger charge is 2.31. The molecule has 2 atom stereocenters. The molecule has 0 spiro atoms. The molecule has 0 aliphatic carbocycles. The second-order valence-corrected chi connectivity index (χ2v) is 7.67. The molecule has 2 unspecified atom stereocenters. The summed E-state index contributed by atoms with van der Waals surface area (Å²) in [4.78, 5) is 15.7. The van der Waals surface area contributed by atoms with E-state index in [0.29, 0.717) is 10.7 Å². The van der Waals surface area contributed by atoms with Crippen molar-refractivity contribution in [3.05, 3.63) is 29.0 Å². The number of esters is 1. The van der Waals surface area contributed by atoms with E-state index in [1.807, 2.05) is 20.8 Å². The molecule has 112 valence electrons. The lowest BCUT2D eigenvalue weighted by Crippen LogP contribution is -2.42. The van der Waals surface area contributed by atoms with Gasteiger partial charge in [-0.3, -0.25) is 9.78 Å². The number of rotatable bonds is 5. The zero-order valence-electron chi connectivity index (χ0n) is 12.0. The first-order valence-corrected chi connectivity index (χ1v) is 7.63. The summed E-state index contributed by atoms with van der Waals surface area (Å²) in [6.07, 6.45) is 1.58. The van der Waals surface area contributed by atoms with Crippen molar-refractivity contribution in [3.63, 3.8) is 0 Å². The largest absolute Gasteiger partial charge is 0.598 e. The van der Waals surface area contributed by atoms with E-state index in [2.05, 4.69) is 14.4 Å². The number of pyridine rings is 1. The average Bonchev–Trinajstić information content (AvgIpc) is 2.36. The third-order valence-electron chi connectivity index (χ3n) is 2.50. The van der Waals surface area contributed by atoms with E-state index in [0.717, 1.165) is 0 Å². The lowest BCUT2D eigenvalue weighted by molar-refractivity contribution is -0.141. The number of hydrogen-bond acceptors (Lipinski definition) is 5. The fourth-order valence-electron chi connectivity index (χ4n) is 1.37. The van der Waals surface area contributed by atoms with Crippen LogP contribution in [0.3, 0.4) is 0 Å². The standard InChI is InChI=1S/C13H19ClN2O3S/c1-13(2,3)20(18)16-11(8-12(17)19-4)10-7-9(14)5-6-15-10/h5-7,11,16H,8H2,1-4H3. The van der Waals surface area contributed by atoms with Gasteiger partial charge in [0.25, 0.3) is 0 Å². The van der Waals surface area contributed by atoms with Gasteiger partial charge in [0, 0.05) is 22.6 Å². The molecule has 1 aromatic rings. The zero-order valence-corrected chi connectivity index (χ0v) is 13.5. The molecular formula is C13H19ClN2O3S. The monoisotopic (exact) mass is 318 g/mol. The van der Waals surface area contributed by atoms with E-state index in [1.54, 1.807) is 18.3 Å². The smallest absolute Gasteiger partial charge is 0.307 e. The molecule has 0 aromatic carbocycles. The van der Waals surface area contributed by atoms with Crippen molar-refractivity contribution >= 4 is 28.9 Å². The maximum Gasteiger partial charge on any atom is 0.307 e. The predicted octanol–water partition coefficient (Wildman–Crippen LogP) is 2.39. The first kappa shape index (κ1) is 17.2. The molecule has 5 nitrogen and oxygen atoms in total. The van der Waals surface area contributed by atoms with Crippen molar-refractivity contribution in [2.24, 2.45) is 0 Å². The van der Waals surface area contributed by atoms with Gasteiger partial charge < -0.3 is 9.29 Å². The van der Waals surface area contributed by atoms with Crippen LogP contribution >= 0.6 is 11.6 Å². The van der Waals surface area contributed by atoms with Crippen LogP contribution in [-0.4, -0.2) is 27.4 Å². The summed E-state index contributed by atoms with van der Waals surface area (Å²) in [5, 5.41) is 0.508. The molecule has 20 heavy (non-hydrogen) atoms. The van der Waals surface area contributed by atoms with Crippen LogP contribution in [0.4, 0.5) is 0 Å². The minimum Gasteiger partial charge on any atom is -0.598 e. The van der Waals surface area contributed by atoms with Crippen LogP contribution < -0.4 is 4.72 Å². The van der Waals surface area contributed by atoms with Gasteiger partial charge in [0.1, 0.15) is 10.8 Å². The van der Waals surface area contributed by atoms with Gasteiger partial charge in [-0.25, -0.2) is 0 Å². The Kier molecular flexibility index (Phi) is 6.26. The quantitative estimate of drug-likeness (QED) is 0.666. The van der Waals surface area contributed by atoms with Crippen molar-refractivity contribution in [2.45, 2.75) is 38.0 Å². The van der Waals surface area contributed by atoms with Crippen LogP contribution in [0.15, 0.2) is 18.3 Å². The number of carbonyl (C=O) groups excluding carboxylic acids is 1. The van der Waals surface area contributed by atoms with Gasteiger partial charge in [-0.15, -0.1) is 4.72 Å². The third-order valence-corrected chi connectivity index (χ3v) is 4.35. The number of methoxy groups -OCH3 is 1. The molecule has 0 bridgehead atoms. The molecular weight excluding hydrogens is 300 g/mol. The number of halogens is 1. The highest BCUT2D eigenvalue weighted by molar-refractivity contribution is 7.90. The maximum atomic E-state index is 12.2. The molecule has 1 rings (SSSR count). The second-order valence-electron chi connectivity index (χ2n) is 5.23. The van der Waals surface area contributed by atoms with Gasteiger partial charge in [0.2, 0.25) is 0 Å². The molecule has 0 aliphatic rings. The molecule has 0 aliphatic heterocycles. The van der Waals surface area contributed by atoms with Crippen LogP contribution in [0.5, 0.6) is 0 Å². The van der Waals surface area contributed by atoms with Crippen LogP contribution in [0.1, 0.15) is 38.9 Å². The lowest BCUT2D eigenvalue weighted by atomic mass is 10.1. The number of carbonyl (C=O) groups is 1. The first-order chi connectivity index (χ1) is 9.24. The van der Waals surface area contributed by atoms with Crippen LogP contribution in [0.2, 0.25) is 5.02 Å². The second kappa shape index (κ2) is 7.26. The van der Waals surface area contributed by atoms with Crippen molar-refractivity contribution in [2.75, 3.05) is 7.11 Å². The summed E-state index contributed by atoms with van der Waals surface area (Å²) in [7, 11) is 1.31. The van der Waals surface area contributed by atoms with E-state index in [4.69, 9.17) is 11.6 Å². The van der Waals surface area contributed by atoms with Crippen LogP contribution in [0, 0.1) is 0 Å². The Labute approximate surface area is 127 Å². The third kappa shape index (κ3) is 5.28. The molecule has 1 heterocycles. The Morgan fingerprint density at radius 3 is 2.75 bits per heavy atom. The highest BCUT2D eigenvalue weighted by atomic mass is 35.5. The van der Waals surface area contributed by atoms with Gasteiger partial charge >= 0.3 is 5.97 Å². The Morgan fingerprint density at radius 1 is 1.60 bits per heavy atom. The topological polar surface area (TPSA) is 74.3 Å². The fraction of sp³-hybridized carbons (Fsp3) is 0.538. The Balaban J connectivity index is 2.94. The minimum atomic E-state index is -1.33. The number of nitrogens with zero attached hydrogens (tertiary/aromatic N) is 1. The number of nitrogens with one attached hydrogen (secondary N) is 1. The summed E-state index contributed by atoms with van der Waals surface area (Å²) < 4.78 is 19.3. The number of aromatic nitrogens is 1. The van der Waals surface area contributed by atoms with Gasteiger partial charge in [0.15, 0.2) is 0 Å². The molecule has 1 N–H and O–H groups in total. The Hall–Kier alpha value is -0.820. The maximum absolute atomic E-state index is 12.2. The number of ether oxygens (including phenoxy) is 1. The normalized spacial score (nSPS) is 14.7. The van der Waals surface area contributed by atoms with E-state index >= 15 is 0 Å². The van der Waals surface area contributed by atoms with Crippen molar-refractivity contribution in [1.82, 2.24) is 9.71 Å². The van der Waals surface area contributed by atoms with Gasteiger partial charge in [-0.05, 0) is 32.9 Å². The fourth-order valence-corrected chi connectivity index (χ4v) is 2.36. The Bertz CT molecular complexity index is 465. The van der Waals surface area contributed by atoms with Crippen LogP contribution in [-0.2, 0) is 20.9 Å². The Morgan fingerprint density at radius 2 is 2.25 bits per heavy atom. The molecule has 0 radical (unpaired) electrons. The van der Waals surface area contributed by atoms with E-state index in [-0.39, 0.29) is 6.42 Å². The van der Waals surface area contributed by atoms with E-state index < -0.39 is 28.1 Å². The van der Waals surface area contributed by atoms with Gasteiger partial charge in [-0.2, -0.15) is 0 Å². The van der Waals surface area contributed by atoms with E-state index in [1.165, 1.54) is 7.11 Å². The summed E-state index contributed by atoms with van der Waals surface area (Å²) in [5.74, 6) is -0.407. The zero-order chi connectivity index (χ0) is 15.3. The molecule has 7 heteroatoms. The van der Waals surface area contributed by atoms with Gasteiger partial charge in [-0.1, -0.05) is 11.6 Å². The average molecular weight is 319 g/mol. The molecule has 0 saturated carbocycles. The molecule has 1 aromatic heterocycles. The predicted molar refractivity (Wildman–Crippen MR) is 79.7 cm³/mol. The molecule has 0 amide bonds. The van der Waals surface area contributed by atoms with Gasteiger partial charge in [0.05, 0.1) is 19.2 Å². The highest BCUT2D eigenvalue weighted by Crippen LogP contribution is 2.23. The summed E-state index contributed by atoms with van der Waals surface area (Å²) >= 11 is 4.59. The van der Waals surface area contributed by atoms with Crippen molar-refractivity contribution < 1.29 is 14.1 Å². The van der Waals surface area contributed by atoms with Crippen molar-refractivity contribution in [3.8, 4) is 0 Å². The first-order valence-electron chi connectivity index (χ1n) is 6.10. The lowest BCUT2D eigenvalue weighted by Gasteiger charge is -2.27. The van der Waals surface area contributed by atoms with Crippen molar-refractivity contribution in [1.29, 1.82) is 0 Å². The summed E-state index contributed by atoms with van der Waals surface area (Å²) in [5.41, 5.74) is 0.556. The van der Waals surface area contributed by atoms with E-state index in [9.17, 15) is 9.35 Å². The van der Waals surface area contributed by atoms with Crippen LogP contribution in [0.25, 0.3) is 0 Å². The molecule has 0 saturated heterocycles. The molecule has 0 fully saturated rings. The SMILES string of the molecule is COC(=O)CC(N[S+]([O-])C(C)(C)C)c1cc(Cl)ccn1. The summed E-state index contributed by atoms with van der Waals surface area (Å²) in [6, 6.07) is 2.77. The summed E-state index contributed by atoms with van der Waals surface area (Å²) in [6.45, 7) is 5.53.